The summed E-state index contributed by atoms with van der Waals surface area (Å²) in [5.74, 6) is 0.366. The average molecular weight is 267 g/mol. The molecule has 0 aliphatic carbocycles. The fraction of sp³-hybridized carbons (Fsp3) is 0.625. The van der Waals surface area contributed by atoms with Gasteiger partial charge in [0.15, 0.2) is 0 Å². The highest BCUT2D eigenvalue weighted by Crippen LogP contribution is 2.18. The van der Waals surface area contributed by atoms with Gasteiger partial charge < -0.3 is 10.5 Å². The van der Waals surface area contributed by atoms with Crippen LogP contribution >= 0.6 is 0 Å². The van der Waals surface area contributed by atoms with E-state index in [2.05, 4.69) is 6.92 Å². The monoisotopic (exact) mass is 267 g/mol. The van der Waals surface area contributed by atoms with Crippen molar-refractivity contribution in [3.8, 4) is 5.75 Å². The molecule has 0 aromatic heterocycles. The van der Waals surface area contributed by atoms with Crippen molar-refractivity contribution < 1.29 is 9.13 Å². The van der Waals surface area contributed by atoms with E-state index in [4.69, 9.17) is 10.5 Å². The van der Waals surface area contributed by atoms with Gasteiger partial charge in [-0.3, -0.25) is 0 Å². The van der Waals surface area contributed by atoms with Crippen LogP contribution < -0.4 is 10.5 Å². The van der Waals surface area contributed by atoms with E-state index in [1.54, 1.807) is 0 Å². The molecule has 1 aromatic rings. The van der Waals surface area contributed by atoms with Crippen LogP contribution in [-0.2, 0) is 6.42 Å². The molecule has 0 amide bonds. The molecule has 108 valence electrons. The van der Waals surface area contributed by atoms with Crippen molar-refractivity contribution >= 4 is 0 Å². The minimum atomic E-state index is -0.251. The lowest BCUT2D eigenvalue weighted by atomic mass is 10.1. The van der Waals surface area contributed by atoms with Crippen molar-refractivity contribution in [3.05, 3.63) is 29.6 Å². The smallest absolute Gasteiger partial charge is 0.127 e. The molecule has 0 saturated heterocycles. The molecule has 0 radical (unpaired) electrons. The van der Waals surface area contributed by atoms with Crippen molar-refractivity contribution in [3.63, 3.8) is 0 Å². The standard InChI is InChI=1S/C16H26FNO/c1-3-4-5-6-7-8-19-16-11-14(9-13(2)18)10-15(17)12-16/h10-13H,3-9,18H2,1-2H3. The third-order valence-corrected chi connectivity index (χ3v) is 3.01. The molecule has 0 bridgehead atoms. The van der Waals surface area contributed by atoms with E-state index in [9.17, 15) is 4.39 Å². The lowest BCUT2D eigenvalue weighted by Gasteiger charge is -2.10. The van der Waals surface area contributed by atoms with E-state index in [0.29, 0.717) is 18.8 Å². The Bertz CT molecular complexity index is 366. The molecule has 1 unspecified atom stereocenters. The number of halogens is 1. The van der Waals surface area contributed by atoms with Gasteiger partial charge in [0.05, 0.1) is 6.61 Å². The average Bonchev–Trinajstić information content (AvgIpc) is 2.32. The van der Waals surface area contributed by atoms with E-state index in [0.717, 1.165) is 12.0 Å². The Morgan fingerprint density at radius 1 is 1.16 bits per heavy atom. The summed E-state index contributed by atoms with van der Waals surface area (Å²) < 4.78 is 19.0. The molecule has 1 aromatic carbocycles. The maximum absolute atomic E-state index is 13.4. The van der Waals surface area contributed by atoms with Gasteiger partial charge in [0.2, 0.25) is 0 Å². The molecular formula is C16H26FNO. The summed E-state index contributed by atoms with van der Waals surface area (Å²) in [5.41, 5.74) is 6.63. The van der Waals surface area contributed by atoms with Crippen molar-refractivity contribution in [2.45, 2.75) is 58.4 Å². The lowest BCUT2D eigenvalue weighted by Crippen LogP contribution is -2.17. The van der Waals surface area contributed by atoms with Crippen LogP contribution in [0.25, 0.3) is 0 Å². The predicted octanol–water partition coefficient (Wildman–Crippen LogP) is 4.06. The Kier molecular flexibility index (Phi) is 7.49. The molecule has 0 fully saturated rings. The highest BCUT2D eigenvalue weighted by Gasteiger charge is 2.04. The molecule has 0 spiro atoms. The van der Waals surface area contributed by atoms with Crippen LogP contribution in [-0.4, -0.2) is 12.6 Å². The van der Waals surface area contributed by atoms with E-state index in [-0.39, 0.29) is 11.9 Å². The summed E-state index contributed by atoms with van der Waals surface area (Å²) in [4.78, 5) is 0. The van der Waals surface area contributed by atoms with Gasteiger partial charge in [-0.2, -0.15) is 0 Å². The summed E-state index contributed by atoms with van der Waals surface area (Å²) >= 11 is 0. The molecule has 1 rings (SSSR count). The molecule has 0 aliphatic heterocycles. The highest BCUT2D eigenvalue weighted by molar-refractivity contribution is 5.30. The zero-order chi connectivity index (χ0) is 14.1. The van der Waals surface area contributed by atoms with Gasteiger partial charge in [-0.1, -0.05) is 32.6 Å². The Hall–Kier alpha value is -1.09. The number of hydrogen-bond donors (Lipinski definition) is 1. The van der Waals surface area contributed by atoms with Gasteiger partial charge in [-0.25, -0.2) is 4.39 Å². The van der Waals surface area contributed by atoms with Gasteiger partial charge in [0.1, 0.15) is 11.6 Å². The predicted molar refractivity (Wildman–Crippen MR) is 78.0 cm³/mol. The largest absolute Gasteiger partial charge is 0.493 e. The van der Waals surface area contributed by atoms with Crippen molar-refractivity contribution in [2.75, 3.05) is 6.61 Å². The summed E-state index contributed by atoms with van der Waals surface area (Å²) in [6, 6.07) is 4.89. The summed E-state index contributed by atoms with van der Waals surface area (Å²) in [7, 11) is 0. The van der Waals surface area contributed by atoms with Gasteiger partial charge in [0.25, 0.3) is 0 Å². The summed E-state index contributed by atoms with van der Waals surface area (Å²) in [5, 5.41) is 0. The van der Waals surface area contributed by atoms with Crippen molar-refractivity contribution in [1.29, 1.82) is 0 Å². The maximum Gasteiger partial charge on any atom is 0.127 e. The van der Waals surface area contributed by atoms with Gasteiger partial charge in [0, 0.05) is 12.1 Å². The van der Waals surface area contributed by atoms with Gasteiger partial charge >= 0.3 is 0 Å². The van der Waals surface area contributed by atoms with E-state index < -0.39 is 0 Å². The minimum absolute atomic E-state index is 0.0312. The Morgan fingerprint density at radius 3 is 2.58 bits per heavy atom. The molecule has 0 aliphatic rings. The van der Waals surface area contributed by atoms with Crippen LogP contribution in [0.5, 0.6) is 5.75 Å². The molecule has 19 heavy (non-hydrogen) atoms. The topological polar surface area (TPSA) is 35.2 Å². The van der Waals surface area contributed by atoms with Gasteiger partial charge in [-0.15, -0.1) is 0 Å². The Labute approximate surface area is 116 Å². The SMILES string of the molecule is CCCCCCCOc1cc(F)cc(CC(C)N)c1. The minimum Gasteiger partial charge on any atom is -0.493 e. The summed E-state index contributed by atoms with van der Waals surface area (Å²) in [6.45, 7) is 4.77. The highest BCUT2D eigenvalue weighted by atomic mass is 19.1. The fourth-order valence-corrected chi connectivity index (χ4v) is 2.09. The van der Waals surface area contributed by atoms with Crippen LogP contribution in [0.2, 0.25) is 0 Å². The van der Waals surface area contributed by atoms with Crippen LogP contribution in [0.15, 0.2) is 18.2 Å². The van der Waals surface area contributed by atoms with Crippen molar-refractivity contribution in [1.82, 2.24) is 0 Å². The molecule has 2 nitrogen and oxygen atoms in total. The van der Waals surface area contributed by atoms with E-state index in [1.165, 1.54) is 37.8 Å². The number of unbranched alkanes of at least 4 members (excludes halogenated alkanes) is 4. The fourth-order valence-electron chi connectivity index (χ4n) is 2.09. The van der Waals surface area contributed by atoms with Crippen molar-refractivity contribution in [2.24, 2.45) is 5.73 Å². The quantitative estimate of drug-likeness (QED) is 0.685. The van der Waals surface area contributed by atoms with Gasteiger partial charge in [-0.05, 0) is 37.5 Å². The number of ether oxygens (including phenoxy) is 1. The third-order valence-electron chi connectivity index (χ3n) is 3.01. The molecule has 0 saturated carbocycles. The number of hydrogen-bond acceptors (Lipinski definition) is 2. The molecule has 0 heterocycles. The first kappa shape index (κ1) is 16.0. The van der Waals surface area contributed by atoms with Crippen LogP contribution in [0.4, 0.5) is 4.39 Å². The first-order valence-electron chi connectivity index (χ1n) is 7.29. The number of nitrogens with two attached hydrogens (primary N) is 1. The zero-order valence-corrected chi connectivity index (χ0v) is 12.1. The second-order valence-electron chi connectivity index (χ2n) is 5.24. The summed E-state index contributed by atoms with van der Waals surface area (Å²) in [6.07, 6.45) is 6.64. The third kappa shape index (κ3) is 7.16. The van der Waals surface area contributed by atoms with Crippen LogP contribution in [0.3, 0.4) is 0 Å². The second kappa shape index (κ2) is 8.92. The number of rotatable bonds is 9. The maximum atomic E-state index is 13.4. The Balaban J connectivity index is 2.38. The molecular weight excluding hydrogens is 241 g/mol. The first-order chi connectivity index (χ1) is 9.11. The first-order valence-corrected chi connectivity index (χ1v) is 7.29. The van der Waals surface area contributed by atoms with E-state index >= 15 is 0 Å². The van der Waals surface area contributed by atoms with Crippen LogP contribution in [0.1, 0.15) is 51.5 Å². The van der Waals surface area contributed by atoms with E-state index in [1.807, 2.05) is 13.0 Å². The molecule has 2 N–H and O–H groups in total. The number of benzene rings is 1. The van der Waals surface area contributed by atoms with Crippen LogP contribution in [0, 0.1) is 5.82 Å². The molecule has 1 atom stereocenters. The molecule has 3 heteroatoms. The Morgan fingerprint density at radius 2 is 1.89 bits per heavy atom. The second-order valence-corrected chi connectivity index (χ2v) is 5.24. The normalized spacial score (nSPS) is 12.4. The zero-order valence-electron chi connectivity index (χ0n) is 12.1. The lowest BCUT2D eigenvalue weighted by molar-refractivity contribution is 0.302.